The standard InChI is InChI=1S/C27H24N2O3/c1-30-22-12-14-23(15-13-22)31-17-16-29-26-9-5-4-8-25(26)28-27(29)19-32-24-11-10-20-6-2-3-7-21(20)18-24/h2-15,18H,16-17,19H2,1H3. The Bertz CT molecular complexity index is 1340. The van der Waals surface area contributed by atoms with Crippen molar-refractivity contribution in [1.82, 2.24) is 9.55 Å². The van der Waals surface area contributed by atoms with E-state index >= 15 is 0 Å². The van der Waals surface area contributed by atoms with Gasteiger partial charge in [-0.1, -0.05) is 42.5 Å². The van der Waals surface area contributed by atoms with Crippen molar-refractivity contribution in [3.63, 3.8) is 0 Å². The van der Waals surface area contributed by atoms with Crippen LogP contribution in [0.5, 0.6) is 17.2 Å². The van der Waals surface area contributed by atoms with Gasteiger partial charge in [0.25, 0.3) is 0 Å². The topological polar surface area (TPSA) is 45.5 Å². The van der Waals surface area contributed by atoms with Crippen LogP contribution in [0.1, 0.15) is 5.82 Å². The Hall–Kier alpha value is -3.99. The summed E-state index contributed by atoms with van der Waals surface area (Å²) in [5, 5.41) is 2.36. The summed E-state index contributed by atoms with van der Waals surface area (Å²) in [4.78, 5) is 4.80. The third kappa shape index (κ3) is 4.23. The maximum absolute atomic E-state index is 6.12. The van der Waals surface area contributed by atoms with Crippen LogP contribution < -0.4 is 14.2 Å². The van der Waals surface area contributed by atoms with E-state index in [2.05, 4.69) is 34.9 Å². The molecule has 0 N–H and O–H groups in total. The van der Waals surface area contributed by atoms with Crippen LogP contribution >= 0.6 is 0 Å². The third-order valence-corrected chi connectivity index (χ3v) is 5.47. The lowest BCUT2D eigenvalue weighted by molar-refractivity contribution is 0.272. The minimum absolute atomic E-state index is 0.384. The van der Waals surface area contributed by atoms with Crippen molar-refractivity contribution in [2.24, 2.45) is 0 Å². The second-order valence-electron chi connectivity index (χ2n) is 7.49. The van der Waals surface area contributed by atoms with Gasteiger partial charge in [-0.05, 0) is 59.3 Å². The first kappa shape index (κ1) is 19.9. The van der Waals surface area contributed by atoms with Gasteiger partial charge in [0, 0.05) is 0 Å². The van der Waals surface area contributed by atoms with Gasteiger partial charge in [0.1, 0.15) is 36.3 Å². The van der Waals surface area contributed by atoms with Crippen LogP contribution in [0.25, 0.3) is 21.8 Å². The summed E-state index contributed by atoms with van der Waals surface area (Å²) in [5.41, 5.74) is 2.03. The van der Waals surface area contributed by atoms with E-state index in [1.165, 1.54) is 5.39 Å². The largest absolute Gasteiger partial charge is 0.497 e. The first-order valence-electron chi connectivity index (χ1n) is 10.6. The molecular formula is C27H24N2O3. The number of fused-ring (bicyclic) bond motifs is 2. The lowest BCUT2D eigenvalue weighted by Crippen LogP contribution is -2.13. The molecule has 4 aromatic carbocycles. The Morgan fingerprint density at radius 3 is 2.28 bits per heavy atom. The van der Waals surface area contributed by atoms with E-state index < -0.39 is 0 Å². The smallest absolute Gasteiger partial charge is 0.148 e. The SMILES string of the molecule is COc1ccc(OCCn2c(COc3ccc4ccccc4c3)nc3ccccc32)cc1. The number of imidazole rings is 1. The van der Waals surface area contributed by atoms with Crippen molar-refractivity contribution in [2.45, 2.75) is 13.2 Å². The third-order valence-electron chi connectivity index (χ3n) is 5.47. The number of nitrogens with zero attached hydrogens (tertiary/aromatic N) is 2. The van der Waals surface area contributed by atoms with Gasteiger partial charge in [0.2, 0.25) is 0 Å². The number of hydrogen-bond acceptors (Lipinski definition) is 4. The zero-order valence-corrected chi connectivity index (χ0v) is 17.9. The molecule has 5 heteroatoms. The zero-order chi connectivity index (χ0) is 21.8. The highest BCUT2D eigenvalue weighted by Crippen LogP contribution is 2.23. The zero-order valence-electron chi connectivity index (χ0n) is 17.9. The Morgan fingerprint density at radius 1 is 0.719 bits per heavy atom. The van der Waals surface area contributed by atoms with Crippen LogP contribution in [0.3, 0.4) is 0 Å². The van der Waals surface area contributed by atoms with Crippen LogP contribution in [-0.4, -0.2) is 23.3 Å². The summed E-state index contributed by atoms with van der Waals surface area (Å²) in [5.74, 6) is 3.32. The number of para-hydroxylation sites is 2. The number of ether oxygens (including phenoxy) is 3. The van der Waals surface area contributed by atoms with Gasteiger partial charge in [-0.25, -0.2) is 4.98 Å². The molecule has 0 radical (unpaired) electrons. The van der Waals surface area contributed by atoms with Gasteiger partial charge in [-0.2, -0.15) is 0 Å². The van der Waals surface area contributed by atoms with E-state index in [0.29, 0.717) is 19.8 Å². The number of methoxy groups -OCH3 is 1. The molecule has 0 atom stereocenters. The lowest BCUT2D eigenvalue weighted by Gasteiger charge is -2.12. The number of rotatable bonds is 8. The summed E-state index contributed by atoms with van der Waals surface area (Å²) in [6.45, 7) is 1.58. The average Bonchev–Trinajstić information content (AvgIpc) is 3.20. The molecule has 0 fully saturated rings. The molecule has 0 saturated carbocycles. The van der Waals surface area contributed by atoms with Gasteiger partial charge in [0.05, 0.1) is 24.7 Å². The van der Waals surface area contributed by atoms with E-state index in [4.69, 9.17) is 19.2 Å². The van der Waals surface area contributed by atoms with E-state index in [1.54, 1.807) is 7.11 Å². The normalized spacial score (nSPS) is 11.0. The highest BCUT2D eigenvalue weighted by atomic mass is 16.5. The Balaban J connectivity index is 1.32. The minimum atomic E-state index is 0.384. The molecule has 5 nitrogen and oxygen atoms in total. The van der Waals surface area contributed by atoms with Crippen molar-refractivity contribution in [1.29, 1.82) is 0 Å². The first-order chi connectivity index (χ1) is 15.8. The summed E-state index contributed by atoms with van der Waals surface area (Å²) in [6, 6.07) is 30.2. The van der Waals surface area contributed by atoms with Gasteiger partial charge >= 0.3 is 0 Å². The molecule has 160 valence electrons. The molecule has 5 aromatic rings. The second kappa shape index (κ2) is 9.02. The molecule has 32 heavy (non-hydrogen) atoms. The molecule has 1 heterocycles. The Morgan fingerprint density at radius 2 is 1.44 bits per heavy atom. The maximum Gasteiger partial charge on any atom is 0.148 e. The predicted octanol–water partition coefficient (Wildman–Crippen LogP) is 5.86. The van der Waals surface area contributed by atoms with Crippen LogP contribution in [0.4, 0.5) is 0 Å². The monoisotopic (exact) mass is 424 g/mol. The predicted molar refractivity (Wildman–Crippen MR) is 127 cm³/mol. The molecule has 0 aliphatic heterocycles. The summed E-state index contributed by atoms with van der Waals surface area (Å²) >= 11 is 0. The molecule has 0 amide bonds. The van der Waals surface area contributed by atoms with Crippen molar-refractivity contribution in [3.8, 4) is 17.2 Å². The summed E-state index contributed by atoms with van der Waals surface area (Å²) in [6.07, 6.45) is 0. The second-order valence-corrected chi connectivity index (χ2v) is 7.49. The van der Waals surface area contributed by atoms with Gasteiger partial charge in [-0.15, -0.1) is 0 Å². The molecule has 0 unspecified atom stereocenters. The molecule has 0 bridgehead atoms. The fraction of sp³-hybridized carbons (Fsp3) is 0.148. The molecule has 5 rings (SSSR count). The van der Waals surface area contributed by atoms with E-state index in [9.17, 15) is 0 Å². The summed E-state index contributed by atoms with van der Waals surface area (Å²) < 4.78 is 19.4. The minimum Gasteiger partial charge on any atom is -0.497 e. The van der Waals surface area contributed by atoms with Crippen LogP contribution in [0, 0.1) is 0 Å². The Kier molecular flexibility index (Phi) is 5.62. The van der Waals surface area contributed by atoms with Crippen LogP contribution in [0.15, 0.2) is 91.0 Å². The fourth-order valence-corrected chi connectivity index (χ4v) is 3.82. The molecular weight excluding hydrogens is 400 g/mol. The number of aromatic nitrogens is 2. The van der Waals surface area contributed by atoms with Crippen LogP contribution in [0.2, 0.25) is 0 Å². The lowest BCUT2D eigenvalue weighted by atomic mass is 10.1. The number of hydrogen-bond donors (Lipinski definition) is 0. The van der Waals surface area contributed by atoms with Gasteiger partial charge < -0.3 is 18.8 Å². The fourth-order valence-electron chi connectivity index (χ4n) is 3.82. The van der Waals surface area contributed by atoms with Crippen molar-refractivity contribution in [3.05, 3.63) is 96.8 Å². The van der Waals surface area contributed by atoms with E-state index in [-0.39, 0.29) is 0 Å². The van der Waals surface area contributed by atoms with Gasteiger partial charge in [0.15, 0.2) is 0 Å². The quantitative estimate of drug-likeness (QED) is 0.313. The van der Waals surface area contributed by atoms with Gasteiger partial charge in [-0.3, -0.25) is 0 Å². The average molecular weight is 425 g/mol. The summed E-state index contributed by atoms with van der Waals surface area (Å²) in [7, 11) is 1.65. The first-order valence-corrected chi connectivity index (χ1v) is 10.6. The van der Waals surface area contributed by atoms with Crippen molar-refractivity contribution < 1.29 is 14.2 Å². The molecule has 0 spiro atoms. The highest BCUT2D eigenvalue weighted by molar-refractivity contribution is 5.83. The Labute approximate surface area is 186 Å². The maximum atomic E-state index is 6.12. The van der Waals surface area contributed by atoms with Crippen molar-refractivity contribution in [2.75, 3.05) is 13.7 Å². The molecule has 1 aromatic heterocycles. The van der Waals surface area contributed by atoms with Crippen LogP contribution in [-0.2, 0) is 13.2 Å². The van der Waals surface area contributed by atoms with E-state index in [0.717, 1.165) is 39.5 Å². The van der Waals surface area contributed by atoms with E-state index in [1.807, 2.05) is 60.7 Å². The molecule has 0 saturated heterocycles. The van der Waals surface area contributed by atoms with Crippen molar-refractivity contribution >= 4 is 21.8 Å². The highest BCUT2D eigenvalue weighted by Gasteiger charge is 2.11. The number of benzene rings is 4. The molecule has 0 aliphatic rings. The molecule has 0 aliphatic carbocycles.